The zero-order valence-electron chi connectivity index (χ0n) is 20.2. The molecule has 5 heterocycles. The first-order chi connectivity index (χ1) is 18.8. The maximum absolute atomic E-state index is 13.4. The van der Waals surface area contributed by atoms with Gasteiger partial charge >= 0.3 is 6.09 Å². The molecule has 2 N–H and O–H groups in total. The van der Waals surface area contributed by atoms with Crippen LogP contribution in [-0.4, -0.2) is 63.0 Å². The smallest absolute Gasteiger partial charge is 0.411 e. The van der Waals surface area contributed by atoms with Gasteiger partial charge in [0.25, 0.3) is 5.56 Å². The van der Waals surface area contributed by atoms with Crippen molar-refractivity contribution in [3.63, 3.8) is 0 Å². The molecule has 0 saturated heterocycles. The molecule has 0 spiro atoms. The summed E-state index contributed by atoms with van der Waals surface area (Å²) in [5.74, 6) is 1.09. The van der Waals surface area contributed by atoms with E-state index in [4.69, 9.17) is 33.3 Å². The third-order valence-electron chi connectivity index (χ3n) is 6.48. The number of aromatic amines is 1. The second-order valence-electron chi connectivity index (χ2n) is 8.77. The number of hydrogen-bond donors (Lipinski definition) is 2. The van der Waals surface area contributed by atoms with Gasteiger partial charge in [-0.15, -0.1) is 5.10 Å². The van der Waals surface area contributed by atoms with Crippen LogP contribution in [0.3, 0.4) is 0 Å². The molecule has 1 amide bonds. The first-order valence-corrected chi connectivity index (χ1v) is 12.4. The van der Waals surface area contributed by atoms with Gasteiger partial charge in [-0.2, -0.15) is 4.68 Å². The fourth-order valence-electron chi connectivity index (χ4n) is 4.57. The zero-order chi connectivity index (χ0) is 27.3. The van der Waals surface area contributed by atoms with Crippen LogP contribution in [0.15, 0.2) is 53.7 Å². The number of anilines is 1. The van der Waals surface area contributed by atoms with Crippen LogP contribution in [0, 0.1) is 0 Å². The van der Waals surface area contributed by atoms with Gasteiger partial charge in [-0.1, -0.05) is 23.2 Å². The Hall–Kier alpha value is -4.62. The molecule has 4 aromatic heterocycles. The first-order valence-electron chi connectivity index (χ1n) is 11.6. The van der Waals surface area contributed by atoms with E-state index in [1.54, 1.807) is 34.9 Å². The number of carbonyl (C=O) groups is 1. The minimum absolute atomic E-state index is 0.188. The average Bonchev–Trinajstić information content (AvgIpc) is 3.68. The van der Waals surface area contributed by atoms with Crippen molar-refractivity contribution in [2.24, 2.45) is 0 Å². The first kappa shape index (κ1) is 24.7. The maximum Gasteiger partial charge on any atom is 0.411 e. The van der Waals surface area contributed by atoms with Crippen LogP contribution < -0.4 is 10.5 Å². The summed E-state index contributed by atoms with van der Waals surface area (Å²) in [6, 6.07) is 9.50. The summed E-state index contributed by atoms with van der Waals surface area (Å²) in [6.45, 7) is 0. The number of amides is 1. The van der Waals surface area contributed by atoms with Gasteiger partial charge in [0.1, 0.15) is 23.7 Å². The number of halogens is 2. The number of benzene rings is 1. The van der Waals surface area contributed by atoms with Crippen molar-refractivity contribution in [3.8, 4) is 28.3 Å². The molecule has 15 heteroatoms. The lowest BCUT2D eigenvalue weighted by Crippen LogP contribution is -2.25. The zero-order valence-corrected chi connectivity index (χ0v) is 21.7. The van der Waals surface area contributed by atoms with Gasteiger partial charge in [0.2, 0.25) is 0 Å². The van der Waals surface area contributed by atoms with Gasteiger partial charge in [0.05, 0.1) is 35.0 Å². The van der Waals surface area contributed by atoms with Crippen LogP contribution in [-0.2, 0) is 6.42 Å². The van der Waals surface area contributed by atoms with E-state index in [-0.39, 0.29) is 10.7 Å². The summed E-state index contributed by atoms with van der Waals surface area (Å²) >= 11 is 12.7. The molecule has 0 fully saturated rings. The number of hydrogen-bond acceptors (Lipinski definition) is 8. The summed E-state index contributed by atoms with van der Waals surface area (Å²) in [6.07, 6.45) is 2.90. The topological polar surface area (TPSA) is 161 Å². The van der Waals surface area contributed by atoms with Crippen molar-refractivity contribution in [2.45, 2.75) is 18.9 Å². The molecule has 1 aliphatic heterocycles. The van der Waals surface area contributed by atoms with Crippen LogP contribution in [0.4, 0.5) is 10.5 Å². The fourth-order valence-corrected chi connectivity index (χ4v) is 4.97. The van der Waals surface area contributed by atoms with Crippen molar-refractivity contribution in [2.75, 3.05) is 11.9 Å². The Morgan fingerprint density at radius 3 is 2.72 bits per heavy atom. The van der Waals surface area contributed by atoms with Crippen molar-refractivity contribution in [3.05, 3.63) is 81.1 Å². The second kappa shape index (κ2) is 9.60. The van der Waals surface area contributed by atoms with E-state index in [1.165, 1.54) is 30.3 Å². The summed E-state index contributed by atoms with van der Waals surface area (Å²) in [4.78, 5) is 42.4. The lowest BCUT2D eigenvalue weighted by Gasteiger charge is -2.14. The van der Waals surface area contributed by atoms with Gasteiger partial charge in [-0.05, 0) is 47.2 Å². The fraction of sp³-hybridized carbons (Fsp3) is 0.167. The number of carboxylic acid groups (broad SMARTS) is 1. The molecule has 1 aliphatic rings. The molecule has 1 aromatic carbocycles. The van der Waals surface area contributed by atoms with E-state index in [0.717, 1.165) is 4.90 Å². The van der Waals surface area contributed by atoms with E-state index in [1.807, 2.05) is 0 Å². The Bertz CT molecular complexity index is 1770. The Morgan fingerprint density at radius 1 is 1.15 bits per heavy atom. The van der Waals surface area contributed by atoms with Crippen molar-refractivity contribution in [1.82, 2.24) is 44.7 Å². The number of pyridine rings is 1. The van der Waals surface area contributed by atoms with Gasteiger partial charge in [0, 0.05) is 30.1 Å². The molecule has 5 aromatic rings. The predicted molar refractivity (Wildman–Crippen MR) is 141 cm³/mol. The number of aryl methyl sites for hydroxylation is 1. The van der Waals surface area contributed by atoms with Crippen LogP contribution in [0.5, 0.6) is 0 Å². The van der Waals surface area contributed by atoms with Crippen LogP contribution in [0.2, 0.25) is 10.2 Å². The number of aromatic nitrogens is 9. The van der Waals surface area contributed by atoms with Gasteiger partial charge < -0.3 is 10.1 Å². The maximum atomic E-state index is 13.4. The SMILES string of the molecule is CN(C(=O)O)c1ccc(-c2[nH]c([C@@H]3CCc4nc(-c5cc(Cl)ccc5-n5cnnn5)cc(=O)n43)nc2Cl)nc1. The Balaban J connectivity index is 1.35. The van der Waals surface area contributed by atoms with Crippen LogP contribution in [0.25, 0.3) is 28.3 Å². The standard InChI is InChI=1S/C24H18Cl2N10O3/c1-34(24(38)39)13-3-4-15(27-10-13)21-22(26)31-23(30-21)18-6-7-19-29-16(9-20(37)36(18)19)14-8-12(25)2-5-17(14)35-11-28-32-33-35/h2-5,8-11,18H,6-7H2,1H3,(H,30,31)(H,38,39)/t18-/m0/s1. The molecular weight excluding hydrogens is 547 g/mol. The highest BCUT2D eigenvalue weighted by Crippen LogP contribution is 2.34. The monoisotopic (exact) mass is 564 g/mol. The largest absolute Gasteiger partial charge is 0.465 e. The molecule has 0 radical (unpaired) electrons. The Labute approximate surface area is 229 Å². The second-order valence-corrected chi connectivity index (χ2v) is 9.56. The van der Waals surface area contributed by atoms with Crippen LogP contribution >= 0.6 is 23.2 Å². The lowest BCUT2D eigenvalue weighted by molar-refractivity contribution is 0.203. The number of imidazole rings is 1. The van der Waals surface area contributed by atoms with Crippen molar-refractivity contribution in [1.29, 1.82) is 0 Å². The molecule has 13 nitrogen and oxygen atoms in total. The summed E-state index contributed by atoms with van der Waals surface area (Å²) in [5.41, 5.74) is 2.80. The number of nitrogens with zero attached hydrogens (tertiary/aromatic N) is 9. The van der Waals surface area contributed by atoms with E-state index in [2.05, 4.69) is 30.5 Å². The third-order valence-corrected chi connectivity index (χ3v) is 6.99. The van der Waals surface area contributed by atoms with E-state index >= 15 is 0 Å². The normalized spacial score (nSPS) is 14.4. The molecule has 1 atom stereocenters. The highest BCUT2D eigenvalue weighted by atomic mass is 35.5. The summed E-state index contributed by atoms with van der Waals surface area (Å²) < 4.78 is 3.08. The molecule has 0 saturated carbocycles. The van der Waals surface area contributed by atoms with Gasteiger partial charge in [0.15, 0.2) is 5.15 Å². The third kappa shape index (κ3) is 4.41. The van der Waals surface area contributed by atoms with Gasteiger partial charge in [-0.3, -0.25) is 19.2 Å². The Kier molecular flexibility index (Phi) is 6.08. The predicted octanol–water partition coefficient (Wildman–Crippen LogP) is 3.63. The van der Waals surface area contributed by atoms with Crippen LogP contribution in [0.1, 0.15) is 24.1 Å². The number of fused-ring (bicyclic) bond motifs is 1. The van der Waals surface area contributed by atoms with Crippen molar-refractivity contribution < 1.29 is 9.90 Å². The molecule has 0 unspecified atom stereocenters. The number of nitrogens with one attached hydrogen (secondary N) is 1. The molecule has 0 bridgehead atoms. The number of H-pyrrole nitrogens is 1. The molecule has 6 rings (SSSR count). The van der Waals surface area contributed by atoms with Gasteiger partial charge in [-0.25, -0.2) is 14.8 Å². The quantitative estimate of drug-likeness (QED) is 0.324. The molecule has 196 valence electrons. The number of rotatable bonds is 5. The highest BCUT2D eigenvalue weighted by molar-refractivity contribution is 6.32. The lowest BCUT2D eigenvalue weighted by atomic mass is 10.1. The van der Waals surface area contributed by atoms with E-state index in [9.17, 15) is 9.59 Å². The minimum Gasteiger partial charge on any atom is -0.465 e. The Morgan fingerprint density at radius 2 is 2.00 bits per heavy atom. The average molecular weight is 565 g/mol. The van der Waals surface area contributed by atoms with Crippen molar-refractivity contribution >= 4 is 35.0 Å². The highest BCUT2D eigenvalue weighted by Gasteiger charge is 2.30. The minimum atomic E-state index is -1.10. The van der Waals surface area contributed by atoms with E-state index < -0.39 is 12.1 Å². The summed E-state index contributed by atoms with van der Waals surface area (Å²) in [5, 5.41) is 21.1. The van der Waals surface area contributed by atoms with E-state index in [0.29, 0.717) is 63.5 Å². The summed E-state index contributed by atoms with van der Waals surface area (Å²) in [7, 11) is 1.42. The molecular formula is C24H18Cl2N10O3. The molecule has 0 aliphatic carbocycles. The molecule has 39 heavy (non-hydrogen) atoms. The number of tetrazole rings is 1.